The predicted octanol–water partition coefficient (Wildman–Crippen LogP) is 3.11. The van der Waals surface area contributed by atoms with Crippen molar-refractivity contribution < 1.29 is 30.6 Å². The lowest BCUT2D eigenvalue weighted by molar-refractivity contribution is -0.185. The van der Waals surface area contributed by atoms with Crippen LogP contribution in [0.15, 0.2) is 29.2 Å². The first kappa shape index (κ1) is 16.3. The fourth-order valence-electron chi connectivity index (χ4n) is 2.39. The molecule has 0 radical (unpaired) electrons. The van der Waals surface area contributed by atoms with E-state index in [0.717, 1.165) is 24.3 Å². The summed E-state index contributed by atoms with van der Waals surface area (Å²) in [6, 6.07) is 3.85. The molecule has 1 heterocycles. The van der Waals surface area contributed by atoms with Gasteiger partial charge in [-0.05, 0) is 30.7 Å². The van der Waals surface area contributed by atoms with Gasteiger partial charge < -0.3 is 5.32 Å². The molecule has 0 unspecified atom stereocenters. The molecular weight excluding hydrogens is 320 g/mol. The molecule has 0 amide bonds. The van der Waals surface area contributed by atoms with Crippen LogP contribution >= 0.6 is 0 Å². The molecule has 1 fully saturated rings. The van der Waals surface area contributed by atoms with Crippen LogP contribution in [-0.2, 0) is 16.2 Å². The Balaban J connectivity index is 2.48. The summed E-state index contributed by atoms with van der Waals surface area (Å²) >= 11 is 0. The molecule has 0 aromatic heterocycles. The Morgan fingerprint density at radius 2 is 1.81 bits per heavy atom. The first-order chi connectivity index (χ1) is 9.58. The highest BCUT2D eigenvalue weighted by atomic mass is 32.2. The van der Waals surface area contributed by atoms with E-state index in [-0.39, 0.29) is 18.5 Å². The average Bonchev–Trinajstić information content (AvgIpc) is 2.87. The summed E-state index contributed by atoms with van der Waals surface area (Å²) in [4.78, 5) is -0.671. The van der Waals surface area contributed by atoms with Crippen molar-refractivity contribution in [3.05, 3.63) is 29.8 Å². The van der Waals surface area contributed by atoms with Crippen molar-refractivity contribution in [1.29, 1.82) is 0 Å². The van der Waals surface area contributed by atoms with E-state index < -0.39 is 39.3 Å². The van der Waals surface area contributed by atoms with Crippen molar-refractivity contribution in [3.8, 4) is 0 Å². The van der Waals surface area contributed by atoms with Crippen LogP contribution in [0.4, 0.5) is 26.3 Å². The highest BCUT2D eigenvalue weighted by Crippen LogP contribution is 2.45. The van der Waals surface area contributed by atoms with Gasteiger partial charge in [0.25, 0.3) is 0 Å². The van der Waals surface area contributed by atoms with Gasteiger partial charge in [0.1, 0.15) is 5.41 Å². The third kappa shape index (κ3) is 2.94. The highest BCUT2D eigenvalue weighted by Gasteiger charge is 2.57. The van der Waals surface area contributed by atoms with E-state index in [2.05, 4.69) is 5.32 Å². The van der Waals surface area contributed by atoms with Crippen LogP contribution in [0.3, 0.4) is 0 Å². The van der Waals surface area contributed by atoms with Crippen LogP contribution < -0.4 is 5.32 Å². The van der Waals surface area contributed by atoms with Gasteiger partial charge in [-0.1, -0.05) is 12.1 Å². The van der Waals surface area contributed by atoms with Gasteiger partial charge in [0.15, 0.2) is 10.8 Å². The maximum atomic E-state index is 13.3. The molecular formula is C12H11F6NOS. The third-order valence-corrected chi connectivity index (χ3v) is 4.61. The standard InChI is InChI=1S/C12H11F6NOS/c13-11(14,15)10(4-5-19-7-10)8-2-1-3-9(6-8)21(20)12(16,17)18/h1-3,6,19H,4-5,7H2/t10-,21+/m1/s1. The molecule has 9 heteroatoms. The summed E-state index contributed by atoms with van der Waals surface area (Å²) in [5.41, 5.74) is -7.54. The van der Waals surface area contributed by atoms with E-state index in [9.17, 15) is 30.6 Å². The van der Waals surface area contributed by atoms with Crippen molar-refractivity contribution in [3.63, 3.8) is 0 Å². The maximum Gasteiger partial charge on any atom is 0.475 e. The predicted molar refractivity (Wildman–Crippen MR) is 64.1 cm³/mol. The van der Waals surface area contributed by atoms with Crippen LogP contribution in [0.25, 0.3) is 0 Å². The summed E-state index contributed by atoms with van der Waals surface area (Å²) in [7, 11) is -3.34. The average molecular weight is 331 g/mol. The summed E-state index contributed by atoms with van der Waals surface area (Å²) in [6.45, 7) is -0.287. The van der Waals surface area contributed by atoms with Crippen LogP contribution in [0, 0.1) is 0 Å². The zero-order valence-corrected chi connectivity index (χ0v) is 11.3. The molecule has 0 bridgehead atoms. The highest BCUT2D eigenvalue weighted by molar-refractivity contribution is 7.86. The molecule has 2 nitrogen and oxygen atoms in total. The van der Waals surface area contributed by atoms with Crippen LogP contribution in [0.1, 0.15) is 12.0 Å². The minimum Gasteiger partial charge on any atom is -0.315 e. The van der Waals surface area contributed by atoms with E-state index in [1.807, 2.05) is 0 Å². The van der Waals surface area contributed by atoms with Gasteiger partial charge in [0.2, 0.25) is 0 Å². The number of benzene rings is 1. The lowest BCUT2D eigenvalue weighted by Crippen LogP contribution is -2.44. The van der Waals surface area contributed by atoms with Crippen molar-refractivity contribution in [2.24, 2.45) is 0 Å². The van der Waals surface area contributed by atoms with E-state index in [4.69, 9.17) is 0 Å². The van der Waals surface area contributed by atoms with Gasteiger partial charge in [-0.25, -0.2) is 4.21 Å². The Morgan fingerprint density at radius 3 is 2.29 bits per heavy atom. The molecule has 1 N–H and O–H groups in total. The SMILES string of the molecule is O=[S@@](c1cccc([C@@]2(C(F)(F)F)CCNC2)c1)C(F)(F)F. The number of rotatable bonds is 2. The first-order valence-corrected chi connectivity index (χ1v) is 7.09. The van der Waals surface area contributed by atoms with Crippen LogP contribution in [0.2, 0.25) is 0 Å². The van der Waals surface area contributed by atoms with E-state index in [1.165, 1.54) is 0 Å². The molecule has 1 aromatic carbocycles. The minimum atomic E-state index is -5.00. The topological polar surface area (TPSA) is 29.1 Å². The van der Waals surface area contributed by atoms with Gasteiger partial charge in [-0.3, -0.25) is 0 Å². The lowest BCUT2D eigenvalue weighted by Gasteiger charge is -2.31. The van der Waals surface area contributed by atoms with Gasteiger partial charge in [0, 0.05) is 11.4 Å². The normalized spacial score (nSPS) is 25.0. The zero-order valence-electron chi connectivity index (χ0n) is 10.5. The maximum absolute atomic E-state index is 13.3. The van der Waals surface area contributed by atoms with E-state index in [1.54, 1.807) is 0 Å². The number of hydrogen-bond acceptors (Lipinski definition) is 2. The number of alkyl halides is 6. The molecule has 118 valence electrons. The molecule has 1 aliphatic heterocycles. The Hall–Kier alpha value is -1.09. The van der Waals surface area contributed by atoms with Crippen LogP contribution in [0.5, 0.6) is 0 Å². The van der Waals surface area contributed by atoms with E-state index >= 15 is 0 Å². The largest absolute Gasteiger partial charge is 0.475 e. The third-order valence-electron chi connectivity index (χ3n) is 3.51. The van der Waals surface area contributed by atoms with Crippen LogP contribution in [-0.4, -0.2) is 29.0 Å². The van der Waals surface area contributed by atoms with Crippen molar-refractivity contribution >= 4 is 10.8 Å². The second kappa shape index (κ2) is 5.28. The number of halogens is 6. The first-order valence-electron chi connectivity index (χ1n) is 5.94. The zero-order chi connectivity index (χ0) is 15.9. The second-order valence-corrected chi connectivity index (χ2v) is 6.22. The molecule has 2 atom stereocenters. The summed E-state index contributed by atoms with van der Waals surface area (Å²) in [5.74, 6) is 0. The van der Waals surface area contributed by atoms with Gasteiger partial charge in [-0.2, -0.15) is 26.3 Å². The molecule has 0 saturated carbocycles. The summed E-state index contributed by atoms with van der Waals surface area (Å²) in [5, 5.41) is 2.58. The second-order valence-electron chi connectivity index (χ2n) is 4.75. The van der Waals surface area contributed by atoms with Gasteiger partial charge in [-0.15, -0.1) is 0 Å². The Bertz CT molecular complexity index is 547. The molecule has 1 saturated heterocycles. The lowest BCUT2D eigenvalue weighted by atomic mass is 9.79. The monoisotopic (exact) mass is 331 g/mol. The van der Waals surface area contributed by atoms with Crippen molar-refractivity contribution in [2.75, 3.05) is 13.1 Å². The number of hydrogen-bond donors (Lipinski definition) is 1. The van der Waals surface area contributed by atoms with Gasteiger partial charge >= 0.3 is 11.7 Å². The Kier molecular flexibility index (Phi) is 4.09. The molecule has 0 spiro atoms. The summed E-state index contributed by atoms with van der Waals surface area (Å²) < 4.78 is 88.6. The quantitative estimate of drug-likeness (QED) is 0.844. The minimum absolute atomic E-state index is 0.117. The molecule has 0 aliphatic carbocycles. The fraction of sp³-hybridized carbons (Fsp3) is 0.500. The smallest absolute Gasteiger partial charge is 0.315 e. The molecule has 1 aliphatic rings. The molecule has 21 heavy (non-hydrogen) atoms. The fourth-order valence-corrected chi connectivity index (χ4v) is 3.09. The van der Waals surface area contributed by atoms with Crippen molar-refractivity contribution in [1.82, 2.24) is 5.32 Å². The molecule has 1 aromatic rings. The van der Waals surface area contributed by atoms with Crippen molar-refractivity contribution in [2.45, 2.75) is 28.4 Å². The Morgan fingerprint density at radius 1 is 1.14 bits per heavy atom. The van der Waals surface area contributed by atoms with E-state index in [0.29, 0.717) is 0 Å². The molecule has 2 rings (SSSR count). The summed E-state index contributed by atoms with van der Waals surface area (Å²) in [6.07, 6.45) is -4.87. The Labute approximate surface area is 119 Å². The number of nitrogens with one attached hydrogen (secondary N) is 1. The van der Waals surface area contributed by atoms with Gasteiger partial charge in [0.05, 0.1) is 0 Å².